The number of hydrogen-bond donors (Lipinski definition) is 1. The smallest absolute Gasteiger partial charge is 0.00695 e. The zero-order chi connectivity index (χ0) is 6.32. The summed E-state index contributed by atoms with van der Waals surface area (Å²) in [6.07, 6.45) is 7.43. The van der Waals surface area contributed by atoms with E-state index in [1.165, 1.54) is 32.1 Å². The molecule has 0 amide bonds. The van der Waals surface area contributed by atoms with Gasteiger partial charge in [-0.05, 0) is 44.6 Å². The maximum atomic E-state index is 3.36. The Labute approximate surface area is 56.8 Å². The average molecular weight is 125 g/mol. The van der Waals surface area contributed by atoms with Gasteiger partial charge in [0.15, 0.2) is 0 Å². The molecule has 1 nitrogen and oxygen atoms in total. The van der Waals surface area contributed by atoms with Crippen LogP contribution in [0.3, 0.4) is 0 Å². The highest BCUT2D eigenvalue weighted by molar-refractivity contribution is 5.01. The predicted molar refractivity (Wildman–Crippen MR) is 38.4 cm³/mol. The Hall–Kier alpha value is -0.0400. The summed E-state index contributed by atoms with van der Waals surface area (Å²) in [5, 5.41) is 3.36. The van der Waals surface area contributed by atoms with Gasteiger partial charge in [-0.25, -0.2) is 0 Å². The zero-order valence-electron chi connectivity index (χ0n) is 6.11. The summed E-state index contributed by atoms with van der Waals surface area (Å²) in [5.41, 5.74) is 0.855. The third kappa shape index (κ3) is 0.877. The van der Waals surface area contributed by atoms with Crippen molar-refractivity contribution in [3.05, 3.63) is 0 Å². The summed E-state index contributed by atoms with van der Waals surface area (Å²) in [4.78, 5) is 0. The van der Waals surface area contributed by atoms with Crippen LogP contribution in [0.2, 0.25) is 0 Å². The van der Waals surface area contributed by atoms with Crippen LogP contribution in [-0.2, 0) is 0 Å². The maximum absolute atomic E-state index is 3.36. The molecule has 2 aliphatic rings. The summed E-state index contributed by atoms with van der Waals surface area (Å²) >= 11 is 0. The molecular weight excluding hydrogens is 110 g/mol. The Morgan fingerprint density at radius 1 is 1.33 bits per heavy atom. The highest BCUT2D eigenvalue weighted by Gasteiger charge is 2.47. The largest absolute Gasteiger partial charge is 0.317 e. The maximum Gasteiger partial charge on any atom is 0.00695 e. The molecule has 0 aromatic carbocycles. The van der Waals surface area contributed by atoms with E-state index >= 15 is 0 Å². The molecule has 0 aromatic heterocycles. The second kappa shape index (κ2) is 1.72. The minimum Gasteiger partial charge on any atom is -0.317 e. The van der Waals surface area contributed by atoms with Gasteiger partial charge in [0.2, 0.25) is 0 Å². The van der Waals surface area contributed by atoms with Crippen molar-refractivity contribution in [1.29, 1.82) is 0 Å². The van der Waals surface area contributed by atoms with Crippen LogP contribution in [-0.4, -0.2) is 13.1 Å². The van der Waals surface area contributed by atoms with Crippen LogP contribution < -0.4 is 5.32 Å². The summed E-state index contributed by atoms with van der Waals surface area (Å²) in [6, 6.07) is 0.854. The van der Waals surface area contributed by atoms with Gasteiger partial charge in [0.05, 0.1) is 0 Å². The molecule has 1 heteroatoms. The summed E-state index contributed by atoms with van der Waals surface area (Å²) < 4.78 is 0. The Kier molecular flexibility index (Phi) is 1.10. The molecule has 0 radical (unpaired) electrons. The monoisotopic (exact) mass is 125 g/mol. The Morgan fingerprint density at radius 3 is 2.44 bits per heavy atom. The molecule has 0 heterocycles. The first kappa shape index (κ1) is 5.72. The van der Waals surface area contributed by atoms with Gasteiger partial charge in [0.25, 0.3) is 0 Å². The van der Waals surface area contributed by atoms with Crippen molar-refractivity contribution >= 4 is 0 Å². The van der Waals surface area contributed by atoms with E-state index in [9.17, 15) is 0 Å². The van der Waals surface area contributed by atoms with Gasteiger partial charge in [0, 0.05) is 6.04 Å². The quantitative estimate of drug-likeness (QED) is 0.560. The van der Waals surface area contributed by atoms with Crippen LogP contribution in [0, 0.1) is 5.41 Å². The molecule has 1 N–H and O–H groups in total. The SMILES string of the molecule is CNC1CCC2(CC2)C1. The molecule has 2 aliphatic carbocycles. The van der Waals surface area contributed by atoms with Crippen molar-refractivity contribution in [3.63, 3.8) is 0 Å². The first-order valence-corrected chi connectivity index (χ1v) is 4.02. The molecule has 2 fully saturated rings. The van der Waals surface area contributed by atoms with E-state index in [0.717, 1.165) is 11.5 Å². The van der Waals surface area contributed by atoms with E-state index in [-0.39, 0.29) is 0 Å². The molecule has 52 valence electrons. The molecular formula is C8H15N. The topological polar surface area (TPSA) is 12.0 Å². The highest BCUT2D eigenvalue weighted by atomic mass is 14.9. The average Bonchev–Trinajstić information content (AvgIpc) is 2.44. The summed E-state index contributed by atoms with van der Waals surface area (Å²) in [7, 11) is 2.09. The molecule has 2 rings (SSSR count). The minimum atomic E-state index is 0.854. The van der Waals surface area contributed by atoms with Crippen molar-refractivity contribution in [2.75, 3.05) is 7.05 Å². The van der Waals surface area contributed by atoms with Crippen LogP contribution in [0.25, 0.3) is 0 Å². The standard InChI is InChI=1S/C8H15N/c1-9-7-2-3-8(6-7)4-5-8/h7,9H,2-6H2,1H3. The molecule has 0 bridgehead atoms. The first-order valence-electron chi connectivity index (χ1n) is 4.02. The number of nitrogens with one attached hydrogen (secondary N) is 1. The van der Waals surface area contributed by atoms with Crippen molar-refractivity contribution in [3.8, 4) is 0 Å². The molecule has 9 heavy (non-hydrogen) atoms. The first-order chi connectivity index (χ1) is 4.35. The van der Waals surface area contributed by atoms with Crippen molar-refractivity contribution < 1.29 is 0 Å². The van der Waals surface area contributed by atoms with Gasteiger partial charge < -0.3 is 5.32 Å². The van der Waals surface area contributed by atoms with E-state index in [4.69, 9.17) is 0 Å². The second-order valence-electron chi connectivity index (χ2n) is 3.73. The predicted octanol–water partition coefficient (Wildman–Crippen LogP) is 1.54. The van der Waals surface area contributed by atoms with Gasteiger partial charge in [-0.2, -0.15) is 0 Å². The molecule has 0 saturated heterocycles. The summed E-state index contributed by atoms with van der Waals surface area (Å²) in [5.74, 6) is 0. The van der Waals surface area contributed by atoms with Crippen LogP contribution in [0.15, 0.2) is 0 Å². The van der Waals surface area contributed by atoms with Crippen LogP contribution in [0.4, 0.5) is 0 Å². The lowest BCUT2D eigenvalue weighted by molar-refractivity contribution is 0.498. The highest BCUT2D eigenvalue weighted by Crippen LogP contribution is 2.57. The van der Waals surface area contributed by atoms with Gasteiger partial charge in [-0.3, -0.25) is 0 Å². The molecule has 1 unspecified atom stereocenters. The lowest BCUT2D eigenvalue weighted by Gasteiger charge is -2.06. The Bertz CT molecular complexity index is 116. The molecule has 1 atom stereocenters. The van der Waals surface area contributed by atoms with Crippen molar-refractivity contribution in [1.82, 2.24) is 5.32 Å². The Balaban J connectivity index is 1.93. The van der Waals surface area contributed by atoms with E-state index in [1.54, 1.807) is 0 Å². The van der Waals surface area contributed by atoms with Crippen molar-refractivity contribution in [2.45, 2.75) is 38.1 Å². The number of rotatable bonds is 1. The van der Waals surface area contributed by atoms with E-state index in [2.05, 4.69) is 12.4 Å². The van der Waals surface area contributed by atoms with Crippen LogP contribution in [0.1, 0.15) is 32.1 Å². The number of hydrogen-bond acceptors (Lipinski definition) is 1. The fourth-order valence-corrected chi connectivity index (χ4v) is 2.08. The third-order valence-electron chi connectivity index (χ3n) is 3.07. The van der Waals surface area contributed by atoms with E-state index in [1.807, 2.05) is 0 Å². The normalized spacial score (nSPS) is 37.7. The van der Waals surface area contributed by atoms with Crippen molar-refractivity contribution in [2.24, 2.45) is 5.41 Å². The second-order valence-corrected chi connectivity index (χ2v) is 3.73. The van der Waals surface area contributed by atoms with Gasteiger partial charge in [-0.1, -0.05) is 0 Å². The van der Waals surface area contributed by atoms with Crippen LogP contribution >= 0.6 is 0 Å². The third-order valence-corrected chi connectivity index (χ3v) is 3.07. The fourth-order valence-electron chi connectivity index (χ4n) is 2.08. The van der Waals surface area contributed by atoms with E-state index < -0.39 is 0 Å². The molecule has 2 saturated carbocycles. The molecule has 0 aliphatic heterocycles. The minimum absolute atomic E-state index is 0.854. The lowest BCUT2D eigenvalue weighted by atomic mass is 10.1. The lowest BCUT2D eigenvalue weighted by Crippen LogP contribution is -2.21. The van der Waals surface area contributed by atoms with Gasteiger partial charge >= 0.3 is 0 Å². The molecule has 0 aromatic rings. The zero-order valence-corrected chi connectivity index (χ0v) is 6.11. The fraction of sp³-hybridized carbons (Fsp3) is 1.00. The van der Waals surface area contributed by atoms with Gasteiger partial charge in [-0.15, -0.1) is 0 Å². The summed E-state index contributed by atoms with van der Waals surface area (Å²) in [6.45, 7) is 0. The Morgan fingerprint density at radius 2 is 2.11 bits per heavy atom. The molecule has 1 spiro atoms. The van der Waals surface area contributed by atoms with Crippen LogP contribution in [0.5, 0.6) is 0 Å². The van der Waals surface area contributed by atoms with Gasteiger partial charge in [0.1, 0.15) is 0 Å². The van der Waals surface area contributed by atoms with E-state index in [0.29, 0.717) is 0 Å².